The molecule has 0 saturated carbocycles. The van der Waals surface area contributed by atoms with Crippen molar-refractivity contribution in [2.24, 2.45) is 5.73 Å². The largest absolute Gasteiger partial charge is 0.370 e. The minimum atomic E-state index is 0.233. The standard InChI is InChI=1S/C18H29N3/c1-13-10-17(5-4-15(13)11-14(2)19)21-9-8-16-6-7-18(12-21)20(16)3/h4-5,10,14,16,18H,6-9,11-12,19H2,1-3H3. The van der Waals surface area contributed by atoms with Crippen molar-refractivity contribution in [3.8, 4) is 0 Å². The summed E-state index contributed by atoms with van der Waals surface area (Å²) in [7, 11) is 2.31. The summed E-state index contributed by atoms with van der Waals surface area (Å²) in [5.74, 6) is 0. The van der Waals surface area contributed by atoms with Crippen molar-refractivity contribution in [1.29, 1.82) is 0 Å². The van der Waals surface area contributed by atoms with Gasteiger partial charge >= 0.3 is 0 Å². The van der Waals surface area contributed by atoms with Crippen LogP contribution in [0.15, 0.2) is 18.2 Å². The second-order valence-corrected chi connectivity index (χ2v) is 7.08. The zero-order valence-corrected chi connectivity index (χ0v) is 13.7. The third-order valence-electron chi connectivity index (χ3n) is 5.38. The number of nitrogens with zero attached hydrogens (tertiary/aromatic N) is 2. The zero-order chi connectivity index (χ0) is 15.0. The predicted molar refractivity (Wildman–Crippen MR) is 89.9 cm³/mol. The number of hydrogen-bond acceptors (Lipinski definition) is 3. The maximum Gasteiger partial charge on any atom is 0.0369 e. The Kier molecular flexibility index (Phi) is 4.23. The molecule has 3 unspecified atom stereocenters. The Morgan fingerprint density at radius 3 is 2.71 bits per heavy atom. The summed E-state index contributed by atoms with van der Waals surface area (Å²) in [4.78, 5) is 5.19. The Labute approximate surface area is 129 Å². The van der Waals surface area contributed by atoms with Crippen LogP contribution in [-0.4, -0.2) is 43.2 Å². The van der Waals surface area contributed by atoms with Crippen LogP contribution in [0.2, 0.25) is 0 Å². The number of fused-ring (bicyclic) bond motifs is 2. The van der Waals surface area contributed by atoms with Crippen LogP contribution in [0.5, 0.6) is 0 Å². The smallest absolute Gasteiger partial charge is 0.0369 e. The lowest BCUT2D eigenvalue weighted by Crippen LogP contribution is -2.36. The van der Waals surface area contributed by atoms with Crippen molar-refractivity contribution >= 4 is 5.69 Å². The van der Waals surface area contributed by atoms with Gasteiger partial charge in [0.1, 0.15) is 0 Å². The summed E-state index contributed by atoms with van der Waals surface area (Å²) in [5.41, 5.74) is 10.1. The summed E-state index contributed by atoms with van der Waals surface area (Å²) in [5, 5.41) is 0. The van der Waals surface area contributed by atoms with Crippen LogP contribution in [0.4, 0.5) is 5.69 Å². The van der Waals surface area contributed by atoms with Gasteiger partial charge in [-0.1, -0.05) is 6.07 Å². The molecule has 2 aliphatic heterocycles. The topological polar surface area (TPSA) is 32.5 Å². The molecule has 21 heavy (non-hydrogen) atoms. The third-order valence-corrected chi connectivity index (χ3v) is 5.38. The van der Waals surface area contributed by atoms with Gasteiger partial charge in [0.2, 0.25) is 0 Å². The first-order valence-electron chi connectivity index (χ1n) is 8.36. The molecule has 3 atom stereocenters. The van der Waals surface area contributed by atoms with Gasteiger partial charge in [-0.05, 0) is 69.8 Å². The van der Waals surface area contributed by atoms with Crippen molar-refractivity contribution in [2.75, 3.05) is 25.0 Å². The molecule has 0 radical (unpaired) electrons. The summed E-state index contributed by atoms with van der Waals surface area (Å²) in [6.07, 6.45) is 5.02. The molecule has 0 aromatic heterocycles. The lowest BCUT2D eigenvalue weighted by atomic mass is 10.0. The Balaban J connectivity index is 1.76. The number of anilines is 1. The normalized spacial score (nSPS) is 27.7. The molecule has 2 heterocycles. The summed E-state index contributed by atoms with van der Waals surface area (Å²) in [6, 6.07) is 8.71. The van der Waals surface area contributed by atoms with Crippen LogP contribution in [-0.2, 0) is 6.42 Å². The highest BCUT2D eigenvalue weighted by Crippen LogP contribution is 2.31. The van der Waals surface area contributed by atoms with Crippen LogP contribution in [0.3, 0.4) is 0 Å². The lowest BCUT2D eigenvalue weighted by Gasteiger charge is -2.28. The van der Waals surface area contributed by atoms with E-state index in [2.05, 4.69) is 48.9 Å². The Bertz CT molecular complexity index is 497. The molecule has 3 nitrogen and oxygen atoms in total. The maximum atomic E-state index is 5.94. The molecule has 2 aliphatic rings. The van der Waals surface area contributed by atoms with Gasteiger partial charge in [0.15, 0.2) is 0 Å². The predicted octanol–water partition coefficient (Wildman–Crippen LogP) is 2.56. The van der Waals surface area contributed by atoms with Crippen LogP contribution < -0.4 is 10.6 Å². The van der Waals surface area contributed by atoms with Gasteiger partial charge in [0.25, 0.3) is 0 Å². The molecular weight excluding hydrogens is 258 g/mol. The maximum absolute atomic E-state index is 5.94. The summed E-state index contributed by atoms with van der Waals surface area (Å²) >= 11 is 0. The van der Waals surface area contributed by atoms with E-state index in [0.29, 0.717) is 0 Å². The first-order valence-corrected chi connectivity index (χ1v) is 8.36. The second-order valence-electron chi connectivity index (χ2n) is 7.08. The number of aryl methyl sites for hydroxylation is 1. The van der Waals surface area contributed by atoms with Gasteiger partial charge in [0, 0.05) is 36.9 Å². The van der Waals surface area contributed by atoms with E-state index < -0.39 is 0 Å². The molecule has 116 valence electrons. The Hall–Kier alpha value is -1.06. The fourth-order valence-corrected chi connectivity index (χ4v) is 4.00. The second kappa shape index (κ2) is 5.98. The van der Waals surface area contributed by atoms with Crippen LogP contribution in [0, 0.1) is 6.92 Å². The molecule has 0 spiro atoms. The quantitative estimate of drug-likeness (QED) is 0.927. The summed E-state index contributed by atoms with van der Waals surface area (Å²) < 4.78 is 0. The van der Waals surface area contributed by atoms with E-state index in [0.717, 1.165) is 18.5 Å². The van der Waals surface area contributed by atoms with Crippen LogP contribution in [0.25, 0.3) is 0 Å². The first-order chi connectivity index (χ1) is 10.0. The van der Waals surface area contributed by atoms with Crippen molar-refractivity contribution < 1.29 is 0 Å². The molecule has 2 saturated heterocycles. The van der Waals surface area contributed by atoms with E-state index in [1.807, 2.05) is 0 Å². The molecule has 0 aliphatic carbocycles. The van der Waals surface area contributed by atoms with Crippen molar-refractivity contribution in [2.45, 2.75) is 57.7 Å². The van der Waals surface area contributed by atoms with E-state index in [9.17, 15) is 0 Å². The van der Waals surface area contributed by atoms with E-state index in [4.69, 9.17) is 5.73 Å². The van der Waals surface area contributed by atoms with E-state index in [-0.39, 0.29) is 6.04 Å². The van der Waals surface area contributed by atoms with Gasteiger partial charge in [-0.15, -0.1) is 0 Å². The van der Waals surface area contributed by atoms with Crippen molar-refractivity contribution in [1.82, 2.24) is 4.90 Å². The van der Waals surface area contributed by atoms with Gasteiger partial charge in [-0.2, -0.15) is 0 Å². The van der Waals surface area contributed by atoms with E-state index in [1.165, 1.54) is 49.2 Å². The average Bonchev–Trinajstić information content (AvgIpc) is 2.65. The summed E-state index contributed by atoms with van der Waals surface area (Å²) in [6.45, 7) is 6.67. The number of hydrogen-bond donors (Lipinski definition) is 1. The fourth-order valence-electron chi connectivity index (χ4n) is 4.00. The minimum Gasteiger partial charge on any atom is -0.370 e. The van der Waals surface area contributed by atoms with E-state index in [1.54, 1.807) is 0 Å². The molecule has 1 aromatic rings. The highest BCUT2D eigenvalue weighted by atomic mass is 15.3. The fraction of sp³-hybridized carbons (Fsp3) is 0.667. The van der Waals surface area contributed by atoms with Crippen LogP contribution >= 0.6 is 0 Å². The molecular formula is C18H29N3. The monoisotopic (exact) mass is 287 g/mol. The molecule has 2 N–H and O–H groups in total. The minimum absolute atomic E-state index is 0.233. The first kappa shape index (κ1) is 14.9. The number of rotatable bonds is 3. The highest BCUT2D eigenvalue weighted by molar-refractivity contribution is 5.51. The Morgan fingerprint density at radius 2 is 2.00 bits per heavy atom. The Morgan fingerprint density at radius 1 is 1.24 bits per heavy atom. The third kappa shape index (κ3) is 3.09. The molecule has 2 fully saturated rings. The van der Waals surface area contributed by atoms with Crippen molar-refractivity contribution in [3.63, 3.8) is 0 Å². The number of nitrogens with two attached hydrogens (primary N) is 1. The van der Waals surface area contributed by atoms with E-state index >= 15 is 0 Å². The highest BCUT2D eigenvalue weighted by Gasteiger charge is 2.34. The molecule has 1 aromatic carbocycles. The molecule has 3 rings (SSSR count). The van der Waals surface area contributed by atoms with Crippen LogP contribution in [0.1, 0.15) is 37.3 Å². The van der Waals surface area contributed by atoms with Crippen molar-refractivity contribution in [3.05, 3.63) is 29.3 Å². The molecule has 2 bridgehead atoms. The van der Waals surface area contributed by atoms with Gasteiger partial charge in [-0.25, -0.2) is 0 Å². The average molecular weight is 287 g/mol. The zero-order valence-electron chi connectivity index (χ0n) is 13.7. The number of likely N-dealkylation sites (N-methyl/N-ethyl adjacent to an activating group) is 1. The van der Waals surface area contributed by atoms with Gasteiger partial charge in [0.05, 0.1) is 0 Å². The SMILES string of the molecule is Cc1cc(N2CCC3CCC(C2)N3C)ccc1CC(C)N. The van der Waals surface area contributed by atoms with Gasteiger partial charge in [-0.3, -0.25) is 4.90 Å². The lowest BCUT2D eigenvalue weighted by molar-refractivity contribution is 0.254. The van der Waals surface area contributed by atoms with Gasteiger partial charge < -0.3 is 10.6 Å². The number of benzene rings is 1. The molecule has 0 amide bonds. The molecule has 3 heteroatoms.